The van der Waals surface area contributed by atoms with E-state index >= 15 is 0 Å². The van der Waals surface area contributed by atoms with Gasteiger partial charge in [-0.3, -0.25) is 4.79 Å². The molecule has 0 N–H and O–H groups in total. The van der Waals surface area contributed by atoms with E-state index in [0.29, 0.717) is 13.2 Å². The largest absolute Gasteiger partial charge is 0.379 e. The van der Waals surface area contributed by atoms with Gasteiger partial charge in [-0.2, -0.15) is 0 Å². The summed E-state index contributed by atoms with van der Waals surface area (Å²) in [6.45, 7) is 4.61. The molecule has 0 bridgehead atoms. The number of carbonyl (C=O) groups is 1. The fraction of sp³-hybridized carbons (Fsp3) is 0.737. The zero-order valence-corrected chi connectivity index (χ0v) is 15.7. The van der Waals surface area contributed by atoms with Gasteiger partial charge in [-0.1, -0.05) is 0 Å². The number of fused-ring (bicyclic) bond motifs is 1. The summed E-state index contributed by atoms with van der Waals surface area (Å²) in [4.78, 5) is 17.1. The summed E-state index contributed by atoms with van der Waals surface area (Å²) >= 11 is 0. The molecule has 1 aromatic heterocycles. The van der Waals surface area contributed by atoms with Crippen molar-refractivity contribution < 1.29 is 14.3 Å². The number of ether oxygens (including phenoxy) is 2. The number of carbonyl (C=O) groups excluding carboxylic acids is 1. The van der Waals surface area contributed by atoms with Crippen molar-refractivity contribution in [1.29, 1.82) is 0 Å². The van der Waals surface area contributed by atoms with Crippen molar-refractivity contribution in [2.45, 2.75) is 25.4 Å². The van der Waals surface area contributed by atoms with Gasteiger partial charge in [0.2, 0.25) is 0 Å². The Morgan fingerprint density at radius 2 is 2.32 bits per heavy atom. The number of aryl methyl sites for hydroxylation is 1. The average Bonchev–Trinajstić information content (AvgIpc) is 3.03. The van der Waals surface area contributed by atoms with Crippen LogP contribution < -0.4 is 0 Å². The van der Waals surface area contributed by atoms with E-state index in [1.54, 1.807) is 0 Å². The van der Waals surface area contributed by atoms with Crippen LogP contribution in [0.2, 0.25) is 0 Å². The summed E-state index contributed by atoms with van der Waals surface area (Å²) in [5, 5.41) is 0. The Hall–Kier alpha value is -1.37. The monoisotopic (exact) mass is 349 g/mol. The van der Waals surface area contributed by atoms with E-state index in [2.05, 4.69) is 19.0 Å². The minimum absolute atomic E-state index is 0.0658. The van der Waals surface area contributed by atoms with Crippen LogP contribution in [0.25, 0.3) is 0 Å². The van der Waals surface area contributed by atoms with E-state index in [4.69, 9.17) is 9.47 Å². The topological polar surface area (TPSA) is 46.9 Å². The molecule has 1 aromatic rings. The molecule has 2 aliphatic rings. The molecule has 25 heavy (non-hydrogen) atoms. The molecule has 3 heterocycles. The molecule has 1 amide bonds. The molecule has 2 aliphatic heterocycles. The summed E-state index contributed by atoms with van der Waals surface area (Å²) in [5.41, 5.74) is 0.683. The molecule has 2 saturated heterocycles. The van der Waals surface area contributed by atoms with E-state index in [-0.39, 0.29) is 17.4 Å². The maximum Gasteiger partial charge on any atom is 0.270 e. The van der Waals surface area contributed by atoms with Gasteiger partial charge < -0.3 is 23.8 Å². The predicted molar refractivity (Wildman–Crippen MR) is 96.7 cm³/mol. The molecule has 0 unspecified atom stereocenters. The second-order valence-electron chi connectivity index (χ2n) is 7.70. The summed E-state index contributed by atoms with van der Waals surface area (Å²) < 4.78 is 14.0. The third kappa shape index (κ3) is 4.07. The van der Waals surface area contributed by atoms with Crippen LogP contribution >= 0.6 is 0 Å². The van der Waals surface area contributed by atoms with Gasteiger partial charge in [0.15, 0.2) is 0 Å². The Kier molecular flexibility index (Phi) is 5.81. The smallest absolute Gasteiger partial charge is 0.270 e. The third-order valence-corrected chi connectivity index (χ3v) is 5.51. The van der Waals surface area contributed by atoms with Gasteiger partial charge in [-0.25, -0.2) is 0 Å². The first-order valence-corrected chi connectivity index (χ1v) is 9.26. The second kappa shape index (κ2) is 7.89. The standard InChI is InChI=1S/C19H31N3O3/c1-20(2)11-13-24-15-19-8-5-12-25-17(19)7-10-22(14-19)18(23)16-6-4-9-21(16)3/h4,6,9,17H,5,7-8,10-15H2,1-3H3/t17-,19-/m1/s1. The predicted octanol–water partition coefficient (Wildman–Crippen LogP) is 1.61. The number of aromatic nitrogens is 1. The zero-order valence-electron chi connectivity index (χ0n) is 15.7. The lowest BCUT2D eigenvalue weighted by molar-refractivity contribution is -0.147. The van der Waals surface area contributed by atoms with E-state index in [1.807, 2.05) is 34.8 Å². The van der Waals surface area contributed by atoms with Crippen molar-refractivity contribution >= 4 is 5.91 Å². The van der Waals surface area contributed by atoms with Gasteiger partial charge in [0.1, 0.15) is 5.69 Å². The number of likely N-dealkylation sites (N-methyl/N-ethyl adjacent to an activating group) is 1. The van der Waals surface area contributed by atoms with Crippen LogP contribution in [0, 0.1) is 5.41 Å². The normalized spacial score (nSPS) is 26.7. The van der Waals surface area contributed by atoms with Crippen LogP contribution in [0.1, 0.15) is 29.8 Å². The van der Waals surface area contributed by atoms with Gasteiger partial charge in [0.25, 0.3) is 5.91 Å². The summed E-state index contributed by atoms with van der Waals surface area (Å²) in [6.07, 6.45) is 5.13. The first kappa shape index (κ1) is 18.4. The minimum Gasteiger partial charge on any atom is -0.379 e. The van der Waals surface area contributed by atoms with E-state index in [1.165, 1.54) is 0 Å². The number of rotatable bonds is 6. The molecule has 0 aliphatic carbocycles. The zero-order chi connectivity index (χ0) is 17.9. The second-order valence-corrected chi connectivity index (χ2v) is 7.70. The van der Waals surface area contributed by atoms with Crippen molar-refractivity contribution in [3.63, 3.8) is 0 Å². The molecule has 6 heteroatoms. The third-order valence-electron chi connectivity index (χ3n) is 5.51. The number of hydrogen-bond donors (Lipinski definition) is 0. The van der Waals surface area contributed by atoms with Crippen molar-refractivity contribution in [1.82, 2.24) is 14.4 Å². The molecule has 0 saturated carbocycles. The van der Waals surface area contributed by atoms with Crippen molar-refractivity contribution in [2.24, 2.45) is 12.5 Å². The Labute approximate surface area is 150 Å². The maximum absolute atomic E-state index is 12.9. The van der Waals surface area contributed by atoms with E-state index in [9.17, 15) is 4.79 Å². The van der Waals surface area contributed by atoms with E-state index < -0.39 is 0 Å². The van der Waals surface area contributed by atoms with Gasteiger partial charge >= 0.3 is 0 Å². The number of hydrogen-bond acceptors (Lipinski definition) is 4. The lowest BCUT2D eigenvalue weighted by Crippen LogP contribution is -2.58. The van der Waals surface area contributed by atoms with Gasteiger partial charge in [0, 0.05) is 44.9 Å². The Morgan fingerprint density at radius 1 is 1.48 bits per heavy atom. The highest BCUT2D eigenvalue weighted by Crippen LogP contribution is 2.40. The summed E-state index contributed by atoms with van der Waals surface area (Å²) in [7, 11) is 6.02. The van der Waals surface area contributed by atoms with Crippen LogP contribution in [-0.2, 0) is 16.5 Å². The molecular weight excluding hydrogens is 318 g/mol. The lowest BCUT2D eigenvalue weighted by atomic mass is 9.73. The first-order chi connectivity index (χ1) is 12.0. The highest BCUT2D eigenvalue weighted by atomic mass is 16.5. The van der Waals surface area contributed by atoms with Gasteiger partial charge in [-0.05, 0) is 45.5 Å². The summed E-state index contributed by atoms with van der Waals surface area (Å²) in [5.74, 6) is 0.115. The van der Waals surface area contributed by atoms with Crippen molar-refractivity contribution in [2.75, 3.05) is 53.6 Å². The molecule has 2 fully saturated rings. The van der Waals surface area contributed by atoms with E-state index in [0.717, 1.165) is 51.2 Å². The maximum atomic E-state index is 12.9. The Balaban J connectivity index is 1.68. The van der Waals surface area contributed by atoms with Crippen LogP contribution in [0.4, 0.5) is 0 Å². The highest BCUT2D eigenvalue weighted by Gasteiger charge is 2.47. The number of amides is 1. The fourth-order valence-corrected chi connectivity index (χ4v) is 4.04. The highest BCUT2D eigenvalue weighted by molar-refractivity contribution is 5.92. The van der Waals surface area contributed by atoms with Crippen LogP contribution in [0.15, 0.2) is 18.3 Å². The molecule has 140 valence electrons. The SMILES string of the molecule is CN(C)CCOC[C@]12CCCO[C@@H]1CCN(C(=O)c1cccn1C)C2. The van der Waals surface area contributed by atoms with Crippen LogP contribution in [0.3, 0.4) is 0 Å². The van der Waals surface area contributed by atoms with Gasteiger partial charge in [-0.15, -0.1) is 0 Å². The number of nitrogens with zero attached hydrogens (tertiary/aromatic N) is 3. The number of piperidine rings is 1. The van der Waals surface area contributed by atoms with Crippen LogP contribution in [0.5, 0.6) is 0 Å². The fourth-order valence-electron chi connectivity index (χ4n) is 4.04. The van der Waals surface area contributed by atoms with Crippen molar-refractivity contribution in [3.05, 3.63) is 24.0 Å². The van der Waals surface area contributed by atoms with Crippen LogP contribution in [-0.4, -0.2) is 79.9 Å². The number of likely N-dealkylation sites (tertiary alicyclic amines) is 1. The average molecular weight is 349 g/mol. The first-order valence-electron chi connectivity index (χ1n) is 9.26. The Bertz CT molecular complexity index is 586. The molecule has 2 atom stereocenters. The summed E-state index contributed by atoms with van der Waals surface area (Å²) in [6, 6.07) is 3.82. The Morgan fingerprint density at radius 3 is 3.04 bits per heavy atom. The molecule has 0 aromatic carbocycles. The molecule has 6 nitrogen and oxygen atoms in total. The van der Waals surface area contributed by atoms with Gasteiger partial charge in [0.05, 0.1) is 19.3 Å². The lowest BCUT2D eigenvalue weighted by Gasteiger charge is -2.50. The van der Waals surface area contributed by atoms with Crippen molar-refractivity contribution in [3.8, 4) is 0 Å². The minimum atomic E-state index is -0.0658. The quantitative estimate of drug-likeness (QED) is 0.732. The molecular formula is C19H31N3O3. The molecule has 0 radical (unpaired) electrons. The molecule has 0 spiro atoms. The molecule has 3 rings (SSSR count).